The predicted molar refractivity (Wildman–Crippen MR) is 59.7 cm³/mol. The van der Waals surface area contributed by atoms with E-state index in [9.17, 15) is 9.18 Å². The molecule has 16 heavy (non-hydrogen) atoms. The number of hydrogen-bond donors (Lipinski definition) is 1. The molecule has 1 saturated heterocycles. The molecule has 3 nitrogen and oxygen atoms in total. The van der Waals surface area contributed by atoms with Crippen molar-refractivity contribution >= 4 is 17.5 Å². The van der Waals surface area contributed by atoms with Crippen LogP contribution in [-0.4, -0.2) is 30.4 Å². The largest absolute Gasteiger partial charge is 0.336 e. The van der Waals surface area contributed by atoms with Gasteiger partial charge in [0.15, 0.2) is 0 Å². The zero-order valence-electron chi connectivity index (χ0n) is 8.67. The van der Waals surface area contributed by atoms with Crippen LogP contribution in [0.5, 0.6) is 0 Å². The van der Waals surface area contributed by atoms with Crippen LogP contribution in [0.4, 0.5) is 4.39 Å². The molecular weight excluding hydrogens is 231 g/mol. The van der Waals surface area contributed by atoms with E-state index in [-0.39, 0.29) is 10.9 Å². The van der Waals surface area contributed by atoms with E-state index in [1.54, 1.807) is 17.0 Å². The van der Waals surface area contributed by atoms with E-state index < -0.39 is 5.82 Å². The van der Waals surface area contributed by atoms with E-state index in [4.69, 9.17) is 11.6 Å². The third-order valence-corrected chi connectivity index (χ3v) is 3.00. The maximum atomic E-state index is 13.2. The molecule has 0 spiro atoms. The molecule has 86 valence electrons. The summed E-state index contributed by atoms with van der Waals surface area (Å²) in [6.07, 6.45) is 0. The van der Waals surface area contributed by atoms with Crippen LogP contribution < -0.4 is 5.32 Å². The van der Waals surface area contributed by atoms with Crippen LogP contribution in [0.1, 0.15) is 5.56 Å². The maximum Gasteiger partial charge on any atom is 0.236 e. The third kappa shape index (κ3) is 2.33. The Kier molecular flexibility index (Phi) is 3.41. The van der Waals surface area contributed by atoms with Gasteiger partial charge in [0.25, 0.3) is 0 Å². The highest BCUT2D eigenvalue weighted by Gasteiger charge is 2.19. The molecule has 1 aromatic rings. The highest BCUT2D eigenvalue weighted by Crippen LogP contribution is 2.21. The maximum absolute atomic E-state index is 13.2. The molecule has 1 aromatic carbocycles. The first-order valence-electron chi connectivity index (χ1n) is 5.10. The van der Waals surface area contributed by atoms with Crippen LogP contribution in [0.2, 0.25) is 5.02 Å². The van der Waals surface area contributed by atoms with Crippen molar-refractivity contribution in [3.63, 3.8) is 0 Å². The van der Waals surface area contributed by atoms with Gasteiger partial charge in [0.05, 0.1) is 11.6 Å². The second-order valence-electron chi connectivity index (χ2n) is 3.71. The fraction of sp³-hybridized carbons (Fsp3) is 0.364. The van der Waals surface area contributed by atoms with E-state index in [1.165, 1.54) is 6.07 Å². The lowest BCUT2D eigenvalue weighted by molar-refractivity contribution is -0.132. The van der Waals surface area contributed by atoms with Crippen LogP contribution in [0.3, 0.4) is 0 Å². The lowest BCUT2D eigenvalue weighted by Crippen LogP contribution is -2.47. The Labute approximate surface area is 98.2 Å². The predicted octanol–water partition coefficient (Wildman–Crippen LogP) is 1.41. The summed E-state index contributed by atoms with van der Waals surface area (Å²) >= 11 is 5.83. The quantitative estimate of drug-likeness (QED) is 0.851. The molecule has 5 heteroatoms. The normalized spacial score (nSPS) is 16.6. The Morgan fingerprint density at radius 2 is 2.31 bits per heavy atom. The van der Waals surface area contributed by atoms with Crippen molar-refractivity contribution in [2.24, 2.45) is 0 Å². The molecule has 0 radical (unpaired) electrons. The lowest BCUT2D eigenvalue weighted by Gasteiger charge is -2.27. The van der Waals surface area contributed by atoms with Gasteiger partial charge in [0.1, 0.15) is 5.82 Å². The zero-order valence-corrected chi connectivity index (χ0v) is 9.43. The summed E-state index contributed by atoms with van der Waals surface area (Å²) in [7, 11) is 0. The van der Waals surface area contributed by atoms with Gasteiger partial charge in [-0.2, -0.15) is 0 Å². The molecule has 0 unspecified atom stereocenters. The van der Waals surface area contributed by atoms with Crippen molar-refractivity contribution in [1.29, 1.82) is 0 Å². The topological polar surface area (TPSA) is 32.3 Å². The molecule has 1 aliphatic heterocycles. The van der Waals surface area contributed by atoms with Gasteiger partial charge in [0, 0.05) is 19.6 Å². The fourth-order valence-corrected chi connectivity index (χ4v) is 1.88. The molecule has 1 amide bonds. The van der Waals surface area contributed by atoms with Gasteiger partial charge >= 0.3 is 0 Å². The number of nitrogens with one attached hydrogen (secondary N) is 1. The van der Waals surface area contributed by atoms with Gasteiger partial charge in [-0.3, -0.25) is 4.79 Å². The lowest BCUT2D eigenvalue weighted by atomic mass is 10.2. The number of halogens is 2. The number of piperazine rings is 1. The Balaban J connectivity index is 2.14. The molecule has 1 aliphatic rings. The summed E-state index contributed by atoms with van der Waals surface area (Å²) < 4.78 is 13.2. The van der Waals surface area contributed by atoms with Gasteiger partial charge in [-0.15, -0.1) is 0 Å². The SMILES string of the molecule is O=C1CNCCN1Cc1cccc(F)c1Cl. The molecule has 2 rings (SSSR count). The van der Waals surface area contributed by atoms with E-state index in [2.05, 4.69) is 5.32 Å². The van der Waals surface area contributed by atoms with Gasteiger partial charge < -0.3 is 10.2 Å². The minimum Gasteiger partial charge on any atom is -0.336 e. The zero-order chi connectivity index (χ0) is 11.5. The van der Waals surface area contributed by atoms with Crippen molar-refractivity contribution in [2.75, 3.05) is 19.6 Å². The third-order valence-electron chi connectivity index (χ3n) is 2.58. The Hall–Kier alpha value is -1.13. The summed E-state index contributed by atoms with van der Waals surface area (Å²) in [6.45, 7) is 2.11. The Bertz CT molecular complexity index is 411. The second kappa shape index (κ2) is 4.80. The van der Waals surface area contributed by atoms with E-state index >= 15 is 0 Å². The van der Waals surface area contributed by atoms with E-state index in [0.717, 1.165) is 6.54 Å². The van der Waals surface area contributed by atoms with Gasteiger partial charge in [0.2, 0.25) is 5.91 Å². The van der Waals surface area contributed by atoms with Gasteiger partial charge in [-0.25, -0.2) is 4.39 Å². The van der Waals surface area contributed by atoms with Crippen molar-refractivity contribution < 1.29 is 9.18 Å². The number of carbonyl (C=O) groups is 1. The number of carbonyl (C=O) groups excluding carboxylic acids is 1. The highest BCUT2D eigenvalue weighted by atomic mass is 35.5. The molecule has 0 saturated carbocycles. The number of nitrogens with zero attached hydrogens (tertiary/aromatic N) is 1. The van der Waals surface area contributed by atoms with Gasteiger partial charge in [-0.05, 0) is 11.6 Å². The van der Waals surface area contributed by atoms with Crippen LogP contribution in [0, 0.1) is 5.82 Å². The molecule has 1 N–H and O–H groups in total. The van der Waals surface area contributed by atoms with Crippen LogP contribution in [0.25, 0.3) is 0 Å². The molecular formula is C11H12ClFN2O. The van der Waals surface area contributed by atoms with Gasteiger partial charge in [-0.1, -0.05) is 23.7 Å². The van der Waals surface area contributed by atoms with Crippen LogP contribution in [0.15, 0.2) is 18.2 Å². The monoisotopic (exact) mass is 242 g/mol. The van der Waals surface area contributed by atoms with Crippen molar-refractivity contribution in [3.8, 4) is 0 Å². The minimum absolute atomic E-state index is 0.0200. The smallest absolute Gasteiger partial charge is 0.236 e. The summed E-state index contributed by atoms with van der Waals surface area (Å²) in [5, 5.41) is 3.08. The first-order chi connectivity index (χ1) is 7.68. The number of hydrogen-bond acceptors (Lipinski definition) is 2. The van der Waals surface area contributed by atoms with Crippen molar-refractivity contribution in [2.45, 2.75) is 6.54 Å². The molecule has 0 aromatic heterocycles. The molecule has 0 aliphatic carbocycles. The number of amides is 1. The van der Waals surface area contributed by atoms with Crippen molar-refractivity contribution in [1.82, 2.24) is 10.2 Å². The summed E-state index contributed by atoms with van der Waals surface area (Å²) in [5.41, 5.74) is 0.650. The standard InChI is InChI=1S/C11H12ClFN2O/c12-11-8(2-1-3-9(11)13)7-15-5-4-14-6-10(15)16/h1-3,14H,4-7H2. The minimum atomic E-state index is -0.443. The average Bonchev–Trinajstić information content (AvgIpc) is 2.28. The van der Waals surface area contributed by atoms with E-state index in [0.29, 0.717) is 25.2 Å². The molecule has 0 bridgehead atoms. The molecule has 1 heterocycles. The van der Waals surface area contributed by atoms with Crippen LogP contribution >= 0.6 is 11.6 Å². The first kappa shape index (κ1) is 11.4. The summed E-state index contributed by atoms with van der Waals surface area (Å²) in [5.74, 6) is -0.423. The fourth-order valence-electron chi connectivity index (χ4n) is 1.69. The summed E-state index contributed by atoms with van der Waals surface area (Å²) in [6, 6.07) is 4.65. The second-order valence-corrected chi connectivity index (χ2v) is 4.08. The average molecular weight is 243 g/mol. The highest BCUT2D eigenvalue weighted by molar-refractivity contribution is 6.31. The Morgan fingerprint density at radius 3 is 3.06 bits per heavy atom. The molecule has 0 atom stereocenters. The Morgan fingerprint density at radius 1 is 1.50 bits per heavy atom. The first-order valence-corrected chi connectivity index (χ1v) is 5.47. The van der Waals surface area contributed by atoms with Crippen molar-refractivity contribution in [3.05, 3.63) is 34.6 Å². The number of benzene rings is 1. The number of rotatable bonds is 2. The van der Waals surface area contributed by atoms with Crippen LogP contribution in [-0.2, 0) is 11.3 Å². The summed E-state index contributed by atoms with van der Waals surface area (Å²) in [4.78, 5) is 13.2. The molecule has 1 fully saturated rings. The van der Waals surface area contributed by atoms with E-state index in [1.807, 2.05) is 0 Å².